The zero-order valence-electron chi connectivity index (χ0n) is 10.0. The molecule has 0 unspecified atom stereocenters. The Labute approximate surface area is 109 Å². The van der Waals surface area contributed by atoms with Crippen LogP contribution in [0, 0.1) is 5.82 Å². The molecule has 0 amide bonds. The highest BCUT2D eigenvalue weighted by atomic mass is 19.1. The van der Waals surface area contributed by atoms with Crippen LogP contribution in [0.25, 0.3) is 10.9 Å². The minimum Gasteiger partial charge on any atom is -0.455 e. The first-order valence-corrected chi connectivity index (χ1v) is 5.81. The summed E-state index contributed by atoms with van der Waals surface area (Å²) in [5, 5.41) is 0.816. The lowest BCUT2D eigenvalue weighted by molar-refractivity contribution is 0.479. The van der Waals surface area contributed by atoms with Crippen molar-refractivity contribution in [1.82, 2.24) is 4.98 Å². The molecule has 0 saturated heterocycles. The molecule has 0 aliphatic carbocycles. The van der Waals surface area contributed by atoms with Gasteiger partial charge in [-0.1, -0.05) is 6.07 Å². The molecule has 1 heterocycles. The number of fused-ring (bicyclic) bond motifs is 1. The summed E-state index contributed by atoms with van der Waals surface area (Å²) in [6, 6.07) is 13.2. The maximum atomic E-state index is 13.1. The number of hydrogen-bond donors (Lipinski definition) is 1. The van der Waals surface area contributed by atoms with E-state index in [1.54, 1.807) is 24.4 Å². The highest BCUT2D eigenvalue weighted by Crippen LogP contribution is 2.32. The SMILES string of the molecule is Nc1c(Oc2cccc(F)c2)ccc2ncccc12. The monoisotopic (exact) mass is 254 g/mol. The van der Waals surface area contributed by atoms with Crippen molar-refractivity contribution in [3.05, 3.63) is 60.5 Å². The summed E-state index contributed by atoms with van der Waals surface area (Å²) in [5.41, 5.74) is 7.34. The van der Waals surface area contributed by atoms with Gasteiger partial charge in [0.2, 0.25) is 0 Å². The van der Waals surface area contributed by atoms with Gasteiger partial charge in [-0.3, -0.25) is 4.98 Å². The molecule has 1 aromatic heterocycles. The van der Waals surface area contributed by atoms with Crippen LogP contribution in [-0.2, 0) is 0 Å². The molecular formula is C15H11FN2O. The van der Waals surface area contributed by atoms with E-state index in [1.807, 2.05) is 18.2 Å². The molecule has 0 bridgehead atoms. The summed E-state index contributed by atoms with van der Waals surface area (Å²) in [5.74, 6) is 0.555. The van der Waals surface area contributed by atoms with Gasteiger partial charge in [-0.25, -0.2) is 4.39 Å². The van der Waals surface area contributed by atoms with Gasteiger partial charge in [-0.2, -0.15) is 0 Å². The van der Waals surface area contributed by atoms with E-state index in [2.05, 4.69) is 4.98 Å². The molecule has 0 radical (unpaired) electrons. The second-order valence-electron chi connectivity index (χ2n) is 4.11. The number of nitrogens with zero attached hydrogens (tertiary/aromatic N) is 1. The standard InChI is InChI=1S/C15H11FN2O/c16-10-3-1-4-11(9-10)19-14-7-6-13-12(15(14)17)5-2-8-18-13/h1-9H,17H2. The zero-order valence-corrected chi connectivity index (χ0v) is 10.0. The second kappa shape index (κ2) is 4.57. The van der Waals surface area contributed by atoms with E-state index in [0.717, 1.165) is 10.9 Å². The number of hydrogen-bond acceptors (Lipinski definition) is 3. The fourth-order valence-corrected chi connectivity index (χ4v) is 1.90. The smallest absolute Gasteiger partial charge is 0.151 e. The van der Waals surface area contributed by atoms with Crippen molar-refractivity contribution in [1.29, 1.82) is 0 Å². The molecule has 19 heavy (non-hydrogen) atoms. The highest BCUT2D eigenvalue weighted by Gasteiger charge is 2.07. The van der Waals surface area contributed by atoms with Crippen LogP contribution in [0.15, 0.2) is 54.7 Å². The molecule has 3 rings (SSSR count). The average molecular weight is 254 g/mol. The van der Waals surface area contributed by atoms with Gasteiger partial charge in [-0.15, -0.1) is 0 Å². The van der Waals surface area contributed by atoms with E-state index >= 15 is 0 Å². The third-order valence-corrected chi connectivity index (χ3v) is 2.81. The number of nitrogen functional groups attached to an aromatic ring is 1. The Hall–Kier alpha value is -2.62. The molecule has 0 fully saturated rings. The molecule has 0 saturated carbocycles. The van der Waals surface area contributed by atoms with E-state index in [9.17, 15) is 4.39 Å². The fraction of sp³-hybridized carbons (Fsp3) is 0. The first-order chi connectivity index (χ1) is 9.24. The van der Waals surface area contributed by atoms with Gasteiger partial charge in [0.25, 0.3) is 0 Å². The quantitative estimate of drug-likeness (QED) is 0.708. The summed E-state index contributed by atoms with van der Waals surface area (Å²) in [6.07, 6.45) is 1.70. The van der Waals surface area contributed by atoms with Crippen LogP contribution in [0.3, 0.4) is 0 Å². The van der Waals surface area contributed by atoms with Gasteiger partial charge in [0.1, 0.15) is 11.6 Å². The number of anilines is 1. The normalized spacial score (nSPS) is 10.6. The maximum Gasteiger partial charge on any atom is 0.151 e. The summed E-state index contributed by atoms with van der Waals surface area (Å²) >= 11 is 0. The fourth-order valence-electron chi connectivity index (χ4n) is 1.90. The Morgan fingerprint density at radius 3 is 2.79 bits per heavy atom. The third kappa shape index (κ3) is 2.20. The van der Waals surface area contributed by atoms with Crippen molar-refractivity contribution in [2.24, 2.45) is 0 Å². The topological polar surface area (TPSA) is 48.1 Å². The number of aromatic nitrogens is 1. The minimum absolute atomic E-state index is 0.349. The van der Waals surface area contributed by atoms with Crippen molar-refractivity contribution >= 4 is 16.6 Å². The Bertz CT molecular complexity index is 743. The van der Waals surface area contributed by atoms with Crippen LogP contribution in [-0.4, -0.2) is 4.98 Å². The van der Waals surface area contributed by atoms with Crippen molar-refractivity contribution < 1.29 is 9.13 Å². The van der Waals surface area contributed by atoms with Crippen LogP contribution < -0.4 is 10.5 Å². The second-order valence-corrected chi connectivity index (χ2v) is 4.11. The minimum atomic E-state index is -0.349. The zero-order chi connectivity index (χ0) is 13.2. The van der Waals surface area contributed by atoms with Crippen molar-refractivity contribution in [3.63, 3.8) is 0 Å². The van der Waals surface area contributed by atoms with Gasteiger partial charge in [-0.05, 0) is 36.4 Å². The Balaban J connectivity index is 2.04. The van der Waals surface area contributed by atoms with Crippen LogP contribution >= 0.6 is 0 Å². The maximum absolute atomic E-state index is 13.1. The van der Waals surface area contributed by atoms with Gasteiger partial charge in [0, 0.05) is 17.6 Å². The molecule has 0 atom stereocenters. The third-order valence-electron chi connectivity index (χ3n) is 2.81. The molecule has 4 heteroatoms. The van der Waals surface area contributed by atoms with E-state index < -0.39 is 0 Å². The lowest BCUT2D eigenvalue weighted by Crippen LogP contribution is -1.94. The molecule has 94 valence electrons. The molecule has 3 aromatic rings. The largest absolute Gasteiger partial charge is 0.455 e. The van der Waals surface area contributed by atoms with E-state index in [4.69, 9.17) is 10.5 Å². The predicted molar refractivity (Wildman–Crippen MR) is 72.6 cm³/mol. The molecule has 0 spiro atoms. The predicted octanol–water partition coefficient (Wildman–Crippen LogP) is 3.75. The summed E-state index contributed by atoms with van der Waals surface area (Å²) in [7, 11) is 0. The van der Waals surface area contributed by atoms with Crippen molar-refractivity contribution in [2.45, 2.75) is 0 Å². The van der Waals surface area contributed by atoms with E-state index in [0.29, 0.717) is 17.2 Å². The summed E-state index contributed by atoms with van der Waals surface area (Å²) < 4.78 is 18.7. The highest BCUT2D eigenvalue weighted by molar-refractivity contribution is 5.93. The number of rotatable bonds is 2. The molecular weight excluding hydrogens is 243 g/mol. The van der Waals surface area contributed by atoms with Crippen molar-refractivity contribution in [3.8, 4) is 11.5 Å². The van der Waals surface area contributed by atoms with Gasteiger partial charge >= 0.3 is 0 Å². The van der Waals surface area contributed by atoms with Crippen molar-refractivity contribution in [2.75, 3.05) is 5.73 Å². The van der Waals surface area contributed by atoms with Crippen LogP contribution in [0.1, 0.15) is 0 Å². The Morgan fingerprint density at radius 2 is 1.95 bits per heavy atom. The lowest BCUT2D eigenvalue weighted by atomic mass is 10.1. The molecule has 2 N–H and O–H groups in total. The molecule has 3 nitrogen and oxygen atoms in total. The first kappa shape index (κ1) is 11.5. The summed E-state index contributed by atoms with van der Waals surface area (Å²) in [6.45, 7) is 0. The molecule has 0 aliphatic rings. The Morgan fingerprint density at radius 1 is 1.05 bits per heavy atom. The molecule has 0 aliphatic heterocycles. The first-order valence-electron chi connectivity index (χ1n) is 5.81. The number of benzene rings is 2. The van der Waals surface area contributed by atoms with Gasteiger partial charge < -0.3 is 10.5 Å². The number of nitrogens with two attached hydrogens (primary N) is 1. The number of pyridine rings is 1. The Kier molecular flexibility index (Phi) is 2.76. The van der Waals surface area contributed by atoms with E-state index in [-0.39, 0.29) is 5.82 Å². The lowest BCUT2D eigenvalue weighted by Gasteiger charge is -2.10. The average Bonchev–Trinajstić information content (AvgIpc) is 2.42. The van der Waals surface area contributed by atoms with E-state index in [1.165, 1.54) is 12.1 Å². The summed E-state index contributed by atoms with van der Waals surface area (Å²) in [4.78, 5) is 4.21. The number of ether oxygens (including phenoxy) is 1. The van der Waals surface area contributed by atoms with Crippen LogP contribution in [0.2, 0.25) is 0 Å². The molecule has 2 aromatic carbocycles. The van der Waals surface area contributed by atoms with Crippen LogP contribution in [0.4, 0.5) is 10.1 Å². The number of halogens is 1. The van der Waals surface area contributed by atoms with Gasteiger partial charge in [0.15, 0.2) is 5.75 Å². The van der Waals surface area contributed by atoms with Gasteiger partial charge in [0.05, 0.1) is 11.2 Å². The van der Waals surface area contributed by atoms with Crippen LogP contribution in [0.5, 0.6) is 11.5 Å².